The zero-order valence-electron chi connectivity index (χ0n) is 11.6. The van der Waals surface area contributed by atoms with Crippen molar-refractivity contribution in [3.8, 4) is 0 Å². The van der Waals surface area contributed by atoms with E-state index in [1.165, 1.54) is 22.5 Å². The first-order chi connectivity index (χ1) is 8.73. The maximum absolute atomic E-state index is 13.2. The zero-order valence-corrected chi connectivity index (χ0v) is 12.4. The van der Waals surface area contributed by atoms with Crippen LogP contribution in [-0.2, 0) is 10.0 Å². The Labute approximate surface area is 114 Å². The highest BCUT2D eigenvalue weighted by Gasteiger charge is 2.29. The Balaban J connectivity index is 3.10. The van der Waals surface area contributed by atoms with E-state index in [0.717, 1.165) is 6.07 Å². The number of benzene rings is 1. The Hall–Kier alpha value is -0.980. The maximum Gasteiger partial charge on any atom is 0.243 e. The summed E-state index contributed by atoms with van der Waals surface area (Å²) in [4.78, 5) is -0.0258. The van der Waals surface area contributed by atoms with Crippen molar-refractivity contribution in [3.05, 3.63) is 30.1 Å². The third kappa shape index (κ3) is 3.99. The predicted octanol–water partition coefficient (Wildman–Crippen LogP) is 1.82. The standard InChI is InChI=1S/C13H21FN2O2S/c1-4-16(10-13(2,3)9-15)19(17,18)12-7-5-6-11(14)8-12/h5-8H,4,9-10,15H2,1-3H3. The first-order valence-corrected chi connectivity index (χ1v) is 7.63. The van der Waals surface area contributed by atoms with Crippen LogP contribution in [0.25, 0.3) is 0 Å². The van der Waals surface area contributed by atoms with E-state index < -0.39 is 15.8 Å². The van der Waals surface area contributed by atoms with E-state index >= 15 is 0 Å². The molecule has 108 valence electrons. The van der Waals surface area contributed by atoms with Gasteiger partial charge in [-0.05, 0) is 30.2 Å². The summed E-state index contributed by atoms with van der Waals surface area (Å²) in [5.41, 5.74) is 5.31. The van der Waals surface area contributed by atoms with E-state index in [2.05, 4.69) is 0 Å². The Bertz CT molecular complexity index is 529. The van der Waals surface area contributed by atoms with Gasteiger partial charge in [-0.3, -0.25) is 0 Å². The molecule has 0 amide bonds. The molecular formula is C13H21FN2O2S. The monoisotopic (exact) mass is 288 g/mol. The molecule has 0 spiro atoms. The first kappa shape index (κ1) is 16.1. The average Bonchev–Trinajstić information content (AvgIpc) is 2.36. The molecule has 1 aromatic rings. The minimum Gasteiger partial charge on any atom is -0.330 e. The van der Waals surface area contributed by atoms with Gasteiger partial charge in [-0.15, -0.1) is 0 Å². The van der Waals surface area contributed by atoms with E-state index in [0.29, 0.717) is 19.6 Å². The molecule has 2 N–H and O–H groups in total. The lowest BCUT2D eigenvalue weighted by Gasteiger charge is -2.30. The number of sulfonamides is 1. The number of hydrogen-bond donors (Lipinski definition) is 1. The van der Waals surface area contributed by atoms with Crippen LogP contribution >= 0.6 is 0 Å². The highest BCUT2D eigenvalue weighted by molar-refractivity contribution is 7.89. The molecule has 0 saturated carbocycles. The van der Waals surface area contributed by atoms with Gasteiger partial charge in [0.1, 0.15) is 5.82 Å². The average molecular weight is 288 g/mol. The fraction of sp³-hybridized carbons (Fsp3) is 0.538. The molecule has 0 heterocycles. The van der Waals surface area contributed by atoms with Crippen molar-refractivity contribution < 1.29 is 12.8 Å². The van der Waals surface area contributed by atoms with Crippen molar-refractivity contribution in [1.29, 1.82) is 0 Å². The molecule has 0 unspecified atom stereocenters. The summed E-state index contributed by atoms with van der Waals surface area (Å²) >= 11 is 0. The van der Waals surface area contributed by atoms with Gasteiger partial charge >= 0.3 is 0 Å². The Kier molecular flexibility index (Phi) is 5.06. The lowest BCUT2D eigenvalue weighted by atomic mass is 9.94. The first-order valence-electron chi connectivity index (χ1n) is 6.19. The van der Waals surface area contributed by atoms with Gasteiger partial charge in [-0.1, -0.05) is 26.8 Å². The molecule has 19 heavy (non-hydrogen) atoms. The normalized spacial score (nSPS) is 12.9. The van der Waals surface area contributed by atoms with Crippen molar-refractivity contribution >= 4 is 10.0 Å². The summed E-state index contributed by atoms with van der Waals surface area (Å²) in [6, 6.07) is 5.05. The highest BCUT2D eigenvalue weighted by Crippen LogP contribution is 2.22. The van der Waals surface area contributed by atoms with Crippen molar-refractivity contribution in [2.24, 2.45) is 11.1 Å². The lowest BCUT2D eigenvalue weighted by molar-refractivity contribution is 0.273. The number of nitrogens with two attached hydrogens (primary N) is 1. The third-order valence-electron chi connectivity index (χ3n) is 2.94. The topological polar surface area (TPSA) is 63.4 Å². The quantitative estimate of drug-likeness (QED) is 0.868. The van der Waals surface area contributed by atoms with Crippen molar-refractivity contribution in [2.75, 3.05) is 19.6 Å². The van der Waals surface area contributed by atoms with E-state index in [4.69, 9.17) is 5.73 Å². The van der Waals surface area contributed by atoms with Crippen LogP contribution in [-0.4, -0.2) is 32.4 Å². The second-order valence-corrected chi connectivity index (χ2v) is 7.19. The molecule has 0 aromatic heterocycles. The van der Waals surface area contributed by atoms with E-state index in [1.54, 1.807) is 6.92 Å². The van der Waals surface area contributed by atoms with Gasteiger partial charge in [0.15, 0.2) is 0 Å². The summed E-state index contributed by atoms with van der Waals surface area (Å²) in [5, 5.41) is 0. The van der Waals surface area contributed by atoms with Gasteiger partial charge in [0.25, 0.3) is 0 Å². The van der Waals surface area contributed by atoms with Crippen LogP contribution in [0.4, 0.5) is 4.39 Å². The minimum atomic E-state index is -3.68. The lowest BCUT2D eigenvalue weighted by Crippen LogP contribution is -2.41. The van der Waals surface area contributed by atoms with Gasteiger partial charge in [0.05, 0.1) is 4.90 Å². The van der Waals surface area contributed by atoms with E-state index in [9.17, 15) is 12.8 Å². The Morgan fingerprint density at radius 1 is 1.37 bits per heavy atom. The second-order valence-electron chi connectivity index (χ2n) is 5.26. The summed E-state index contributed by atoms with van der Waals surface area (Å²) in [6.07, 6.45) is 0. The molecule has 0 saturated heterocycles. The molecule has 1 aromatic carbocycles. The third-order valence-corrected chi connectivity index (χ3v) is 4.86. The molecule has 0 atom stereocenters. The summed E-state index contributed by atoms with van der Waals surface area (Å²) < 4.78 is 39.3. The largest absolute Gasteiger partial charge is 0.330 e. The highest BCUT2D eigenvalue weighted by atomic mass is 32.2. The molecule has 0 fully saturated rings. The number of hydrogen-bond acceptors (Lipinski definition) is 3. The fourth-order valence-electron chi connectivity index (χ4n) is 1.69. The molecule has 4 nitrogen and oxygen atoms in total. The summed E-state index contributed by atoms with van der Waals surface area (Å²) in [7, 11) is -3.68. The number of halogens is 1. The Morgan fingerprint density at radius 2 is 2.00 bits per heavy atom. The van der Waals surface area contributed by atoms with Gasteiger partial charge in [0, 0.05) is 13.1 Å². The minimum absolute atomic E-state index is 0.0258. The molecule has 0 aliphatic heterocycles. The van der Waals surface area contributed by atoms with Crippen LogP contribution in [0.15, 0.2) is 29.2 Å². The molecule has 0 aliphatic carbocycles. The maximum atomic E-state index is 13.2. The van der Waals surface area contributed by atoms with Crippen molar-refractivity contribution in [2.45, 2.75) is 25.7 Å². The molecule has 0 bridgehead atoms. The van der Waals surface area contributed by atoms with Crippen LogP contribution in [0, 0.1) is 11.2 Å². The number of nitrogens with zero attached hydrogens (tertiary/aromatic N) is 1. The number of rotatable bonds is 6. The van der Waals surface area contributed by atoms with Crippen molar-refractivity contribution in [3.63, 3.8) is 0 Å². The molecule has 1 rings (SSSR count). The van der Waals surface area contributed by atoms with E-state index in [1.807, 2.05) is 13.8 Å². The fourth-order valence-corrected chi connectivity index (χ4v) is 3.35. The van der Waals surface area contributed by atoms with Crippen LogP contribution in [0.3, 0.4) is 0 Å². The van der Waals surface area contributed by atoms with Crippen LogP contribution < -0.4 is 5.73 Å². The summed E-state index contributed by atoms with van der Waals surface area (Å²) in [6.45, 7) is 6.56. The van der Waals surface area contributed by atoms with Gasteiger partial charge in [0.2, 0.25) is 10.0 Å². The second kappa shape index (κ2) is 5.98. The SMILES string of the molecule is CCN(CC(C)(C)CN)S(=O)(=O)c1cccc(F)c1. The smallest absolute Gasteiger partial charge is 0.243 e. The predicted molar refractivity (Wildman–Crippen MR) is 73.7 cm³/mol. The molecule has 6 heteroatoms. The molecule has 0 aliphatic rings. The van der Waals surface area contributed by atoms with Crippen molar-refractivity contribution in [1.82, 2.24) is 4.31 Å². The van der Waals surface area contributed by atoms with Gasteiger partial charge < -0.3 is 5.73 Å². The van der Waals surface area contributed by atoms with Gasteiger partial charge in [-0.2, -0.15) is 4.31 Å². The molecule has 0 radical (unpaired) electrons. The van der Waals surface area contributed by atoms with Crippen LogP contribution in [0.5, 0.6) is 0 Å². The zero-order chi connectivity index (χ0) is 14.7. The molecular weight excluding hydrogens is 267 g/mol. The van der Waals surface area contributed by atoms with Crippen LogP contribution in [0.1, 0.15) is 20.8 Å². The van der Waals surface area contributed by atoms with Gasteiger partial charge in [-0.25, -0.2) is 12.8 Å². The Morgan fingerprint density at radius 3 is 2.47 bits per heavy atom. The van der Waals surface area contributed by atoms with Crippen LogP contribution in [0.2, 0.25) is 0 Å². The summed E-state index contributed by atoms with van der Waals surface area (Å²) in [5.74, 6) is -0.560. The van der Waals surface area contributed by atoms with E-state index in [-0.39, 0.29) is 10.3 Å².